The molecule has 3 aromatic heterocycles. The second-order valence-corrected chi connectivity index (χ2v) is 6.58. The molecule has 4 aromatic rings. The van der Waals surface area contributed by atoms with Crippen LogP contribution >= 0.6 is 0 Å². The van der Waals surface area contributed by atoms with E-state index >= 15 is 0 Å². The van der Waals surface area contributed by atoms with Crippen molar-refractivity contribution in [2.45, 2.75) is 19.0 Å². The van der Waals surface area contributed by atoms with Crippen LogP contribution in [0.4, 0.5) is 0 Å². The molecule has 1 atom stereocenters. The van der Waals surface area contributed by atoms with Crippen LogP contribution in [0.1, 0.15) is 5.56 Å². The summed E-state index contributed by atoms with van der Waals surface area (Å²) in [6.07, 6.45) is 3.63. The Balaban J connectivity index is 1.53. The van der Waals surface area contributed by atoms with E-state index in [-0.39, 0.29) is 13.0 Å². The number of carbonyl (C=O) groups excluding carboxylic acids is 2. The third-order valence-corrected chi connectivity index (χ3v) is 4.70. The van der Waals surface area contributed by atoms with Gasteiger partial charge in [-0.2, -0.15) is 0 Å². The van der Waals surface area contributed by atoms with E-state index in [2.05, 4.69) is 15.4 Å². The number of aromatic nitrogens is 4. The van der Waals surface area contributed by atoms with Crippen LogP contribution in [0.2, 0.25) is 0 Å². The highest BCUT2D eigenvalue weighted by atomic mass is 16.5. The van der Waals surface area contributed by atoms with Crippen LogP contribution in [0.5, 0.6) is 0 Å². The number of hydrogen-bond donors (Lipinski definition) is 2. The quantitative estimate of drug-likeness (QED) is 0.473. The summed E-state index contributed by atoms with van der Waals surface area (Å²) in [6.45, 7) is -0.304. The Labute approximate surface area is 164 Å². The molecule has 4 rings (SSSR count). The number of esters is 1. The molecular formula is C20H19N5O4. The maximum absolute atomic E-state index is 12.5. The first-order chi connectivity index (χ1) is 14.1. The van der Waals surface area contributed by atoms with Crippen LogP contribution < -0.4 is 11.0 Å². The van der Waals surface area contributed by atoms with Crippen molar-refractivity contribution >= 4 is 28.4 Å². The molecule has 2 N–H and O–H groups in total. The standard InChI is InChI=1S/C20H19N5O4/c1-29-19(27)16(10-13-11-21-15-7-3-2-6-14(13)15)22-18(26)12-25-20(28)24-9-5-4-8-17(24)23-25/h2-9,11,16,21H,10,12H2,1H3,(H,22,26). The lowest BCUT2D eigenvalue weighted by atomic mass is 10.0. The van der Waals surface area contributed by atoms with E-state index < -0.39 is 23.6 Å². The monoisotopic (exact) mass is 393 g/mol. The van der Waals surface area contributed by atoms with Crippen molar-refractivity contribution in [1.29, 1.82) is 0 Å². The predicted octanol–water partition coefficient (Wildman–Crippen LogP) is 0.878. The van der Waals surface area contributed by atoms with Crippen molar-refractivity contribution in [1.82, 2.24) is 24.5 Å². The van der Waals surface area contributed by atoms with Gasteiger partial charge in [-0.1, -0.05) is 24.3 Å². The van der Waals surface area contributed by atoms with E-state index in [9.17, 15) is 14.4 Å². The average molecular weight is 393 g/mol. The zero-order valence-electron chi connectivity index (χ0n) is 15.7. The molecule has 0 aliphatic carbocycles. The number of aromatic amines is 1. The van der Waals surface area contributed by atoms with Gasteiger partial charge in [-0.15, -0.1) is 5.10 Å². The van der Waals surface area contributed by atoms with Gasteiger partial charge in [-0.25, -0.2) is 14.3 Å². The number of hydrogen-bond acceptors (Lipinski definition) is 5. The lowest BCUT2D eigenvalue weighted by Crippen LogP contribution is -2.45. The summed E-state index contributed by atoms with van der Waals surface area (Å²) in [5, 5.41) is 7.75. The molecule has 1 amide bonds. The summed E-state index contributed by atoms with van der Waals surface area (Å²) in [4.78, 5) is 40.2. The highest BCUT2D eigenvalue weighted by Gasteiger charge is 2.24. The Morgan fingerprint density at radius 2 is 2.00 bits per heavy atom. The predicted molar refractivity (Wildman–Crippen MR) is 105 cm³/mol. The average Bonchev–Trinajstić information content (AvgIpc) is 3.28. The zero-order chi connectivity index (χ0) is 20.4. The first-order valence-corrected chi connectivity index (χ1v) is 9.03. The molecule has 1 aromatic carbocycles. The third-order valence-electron chi connectivity index (χ3n) is 4.70. The minimum Gasteiger partial charge on any atom is -0.467 e. The first kappa shape index (κ1) is 18.5. The molecule has 0 saturated heterocycles. The Bertz CT molecular complexity index is 1250. The topological polar surface area (TPSA) is 110 Å². The van der Waals surface area contributed by atoms with E-state index in [4.69, 9.17) is 4.74 Å². The van der Waals surface area contributed by atoms with Gasteiger partial charge in [0.25, 0.3) is 0 Å². The van der Waals surface area contributed by atoms with Gasteiger partial charge in [0, 0.05) is 29.7 Å². The third kappa shape index (κ3) is 3.62. The normalized spacial score (nSPS) is 12.2. The maximum atomic E-state index is 12.5. The summed E-state index contributed by atoms with van der Waals surface area (Å²) in [5.74, 6) is -1.07. The van der Waals surface area contributed by atoms with Crippen LogP contribution in [-0.4, -0.2) is 44.2 Å². The van der Waals surface area contributed by atoms with Gasteiger partial charge < -0.3 is 15.0 Å². The maximum Gasteiger partial charge on any atom is 0.350 e. The smallest absolute Gasteiger partial charge is 0.350 e. The van der Waals surface area contributed by atoms with Gasteiger partial charge in [0.1, 0.15) is 12.6 Å². The fraction of sp³-hybridized carbons (Fsp3) is 0.200. The number of nitrogens with one attached hydrogen (secondary N) is 2. The Kier molecular flexibility index (Phi) is 4.86. The minimum atomic E-state index is -0.889. The fourth-order valence-corrected chi connectivity index (χ4v) is 3.30. The highest BCUT2D eigenvalue weighted by Crippen LogP contribution is 2.19. The number of fused-ring (bicyclic) bond motifs is 2. The van der Waals surface area contributed by atoms with E-state index in [1.807, 2.05) is 24.3 Å². The van der Waals surface area contributed by atoms with Crippen LogP contribution in [0.3, 0.4) is 0 Å². The van der Waals surface area contributed by atoms with Crippen molar-refractivity contribution in [2.24, 2.45) is 0 Å². The number of benzene rings is 1. The van der Waals surface area contributed by atoms with Gasteiger partial charge in [-0.05, 0) is 23.8 Å². The molecule has 3 heterocycles. The molecule has 148 valence electrons. The number of carbonyl (C=O) groups is 2. The summed E-state index contributed by atoms with van der Waals surface area (Å²) in [7, 11) is 1.27. The molecule has 0 spiro atoms. The van der Waals surface area contributed by atoms with Crippen molar-refractivity contribution in [3.8, 4) is 0 Å². The molecule has 0 aliphatic heterocycles. The van der Waals surface area contributed by atoms with Gasteiger partial charge in [0.15, 0.2) is 5.65 Å². The van der Waals surface area contributed by atoms with Gasteiger partial charge >= 0.3 is 11.7 Å². The second-order valence-electron chi connectivity index (χ2n) is 6.58. The lowest BCUT2D eigenvalue weighted by molar-refractivity contribution is -0.145. The summed E-state index contributed by atoms with van der Waals surface area (Å²) < 4.78 is 7.25. The first-order valence-electron chi connectivity index (χ1n) is 9.03. The number of para-hydroxylation sites is 1. The molecule has 29 heavy (non-hydrogen) atoms. The number of amides is 1. The highest BCUT2D eigenvalue weighted by molar-refractivity contribution is 5.87. The van der Waals surface area contributed by atoms with Crippen LogP contribution in [0.25, 0.3) is 16.6 Å². The molecule has 9 heteroatoms. The summed E-state index contributed by atoms with van der Waals surface area (Å²) in [5.41, 5.74) is 1.82. The molecule has 9 nitrogen and oxygen atoms in total. The Morgan fingerprint density at radius 1 is 1.21 bits per heavy atom. The van der Waals surface area contributed by atoms with Gasteiger partial charge in [0.05, 0.1) is 7.11 Å². The lowest BCUT2D eigenvalue weighted by Gasteiger charge is -2.16. The Hall–Kier alpha value is -3.88. The van der Waals surface area contributed by atoms with Crippen LogP contribution in [0, 0.1) is 0 Å². The number of methoxy groups -OCH3 is 1. The number of nitrogens with zero attached hydrogens (tertiary/aromatic N) is 3. The number of ether oxygens (including phenoxy) is 1. The van der Waals surface area contributed by atoms with E-state index in [0.29, 0.717) is 5.65 Å². The summed E-state index contributed by atoms with van der Waals surface area (Å²) >= 11 is 0. The zero-order valence-corrected chi connectivity index (χ0v) is 15.7. The minimum absolute atomic E-state index is 0.252. The molecular weight excluding hydrogens is 374 g/mol. The van der Waals surface area contributed by atoms with Crippen LogP contribution in [0.15, 0.2) is 59.7 Å². The van der Waals surface area contributed by atoms with Crippen molar-refractivity contribution in [3.05, 3.63) is 70.9 Å². The fourth-order valence-electron chi connectivity index (χ4n) is 3.30. The van der Waals surface area contributed by atoms with Crippen LogP contribution in [-0.2, 0) is 27.3 Å². The molecule has 0 bridgehead atoms. The second kappa shape index (κ2) is 7.63. The largest absolute Gasteiger partial charge is 0.467 e. The number of rotatable bonds is 6. The van der Waals surface area contributed by atoms with Crippen molar-refractivity contribution in [2.75, 3.05) is 7.11 Å². The number of pyridine rings is 1. The molecule has 0 aliphatic rings. The van der Waals surface area contributed by atoms with Gasteiger partial charge in [0.2, 0.25) is 5.91 Å². The van der Waals surface area contributed by atoms with Crippen molar-refractivity contribution < 1.29 is 14.3 Å². The molecule has 0 saturated carbocycles. The van der Waals surface area contributed by atoms with E-state index in [0.717, 1.165) is 21.1 Å². The van der Waals surface area contributed by atoms with E-state index in [1.165, 1.54) is 11.5 Å². The molecule has 0 radical (unpaired) electrons. The molecule has 0 fully saturated rings. The number of H-pyrrole nitrogens is 1. The van der Waals surface area contributed by atoms with Gasteiger partial charge in [-0.3, -0.25) is 9.20 Å². The van der Waals surface area contributed by atoms with E-state index in [1.54, 1.807) is 30.6 Å². The SMILES string of the molecule is COC(=O)C(Cc1c[nH]c2ccccc12)NC(=O)Cn1nc2ccccn2c1=O. The Morgan fingerprint density at radius 3 is 2.79 bits per heavy atom. The molecule has 1 unspecified atom stereocenters. The van der Waals surface area contributed by atoms with Crippen molar-refractivity contribution in [3.63, 3.8) is 0 Å². The summed E-state index contributed by atoms with van der Waals surface area (Å²) in [6, 6.07) is 11.9.